The summed E-state index contributed by atoms with van der Waals surface area (Å²) in [6, 6.07) is 64.2. The summed E-state index contributed by atoms with van der Waals surface area (Å²) >= 11 is 0. The summed E-state index contributed by atoms with van der Waals surface area (Å²) in [6.07, 6.45) is 22.9. The average Bonchev–Trinajstić information content (AvgIpc) is 0.828. The van der Waals surface area contributed by atoms with Crippen LogP contribution in [0.25, 0.3) is 72.9 Å². The lowest BCUT2D eigenvalue weighted by atomic mass is 9.85. The molecular formula is C114H132O18. The SMILES string of the molecule is COc1cc(/C=C/c2cc(O)cc(C(C)(C)C)c2)ccc1O.COc1cc(/C=C/c2cc(O)cc(C(C)(C)C)c2)ccc1O.COc1cc(/C=C/c2cc(O)cc(O)c2)ccc1C(C)(C)C.COc1ccc(/C=C/c2cc(O)cc(C(C)(C)C)c2)cc1O.COc1ccc(/C=C/c2cc(O)cc(C(C)(C)C)c2)cc1O.COc1ccc(/C=C/c2cc(O)cc(O)c2)cc1C(C)(C)C. The molecule has 12 N–H and O–H groups in total. The summed E-state index contributed by atoms with van der Waals surface area (Å²) in [5.41, 5.74) is 17.2. The van der Waals surface area contributed by atoms with Crippen molar-refractivity contribution in [2.24, 2.45) is 0 Å². The van der Waals surface area contributed by atoms with Crippen LogP contribution in [0, 0.1) is 0 Å². The highest BCUT2D eigenvalue weighted by Gasteiger charge is 2.23. The highest BCUT2D eigenvalue weighted by atomic mass is 16.5. The van der Waals surface area contributed by atoms with Crippen LogP contribution in [-0.2, 0) is 32.5 Å². The number of hydrogen-bond donors (Lipinski definition) is 12. The summed E-state index contributed by atoms with van der Waals surface area (Å²) in [5.74, 6) is 5.16. The van der Waals surface area contributed by atoms with Crippen LogP contribution in [0.15, 0.2) is 218 Å². The van der Waals surface area contributed by atoms with Gasteiger partial charge in [-0.2, -0.15) is 0 Å². The van der Waals surface area contributed by atoms with Crippen molar-refractivity contribution < 1.29 is 89.7 Å². The number of hydrogen-bond acceptors (Lipinski definition) is 18. The van der Waals surface area contributed by atoms with Crippen molar-refractivity contribution in [1.29, 1.82) is 0 Å². The van der Waals surface area contributed by atoms with Gasteiger partial charge in [0.1, 0.15) is 57.5 Å². The molecule has 0 bridgehead atoms. The molecular weight excluding hydrogens is 1660 g/mol. The maximum atomic E-state index is 9.89. The molecule has 12 aromatic carbocycles. The Labute approximate surface area is 779 Å². The lowest BCUT2D eigenvalue weighted by Gasteiger charge is -2.22. The second-order valence-corrected chi connectivity index (χ2v) is 38.0. The summed E-state index contributed by atoms with van der Waals surface area (Å²) in [5, 5.41) is 116. The Balaban J connectivity index is 0.000000216. The second-order valence-electron chi connectivity index (χ2n) is 38.0. The summed E-state index contributed by atoms with van der Waals surface area (Å²) in [6.45, 7) is 38.2. The molecule has 0 aliphatic carbocycles. The maximum Gasteiger partial charge on any atom is 0.161 e. The smallest absolute Gasteiger partial charge is 0.161 e. The van der Waals surface area contributed by atoms with Gasteiger partial charge in [-0.3, -0.25) is 0 Å². The quantitative estimate of drug-likeness (QED) is 0.0355. The van der Waals surface area contributed by atoms with E-state index in [1.54, 1.807) is 136 Å². The minimum atomic E-state index is -0.0281. The molecule has 12 rings (SSSR count). The van der Waals surface area contributed by atoms with Gasteiger partial charge < -0.3 is 89.7 Å². The molecule has 18 heteroatoms. The number of phenols is 12. The molecule has 0 saturated carbocycles. The molecule has 0 atom stereocenters. The largest absolute Gasteiger partial charge is 0.508 e. The molecule has 12 aromatic rings. The first-order chi connectivity index (χ1) is 61.7. The molecule has 696 valence electrons. The molecule has 0 aliphatic rings. The van der Waals surface area contributed by atoms with Gasteiger partial charge in [0.2, 0.25) is 0 Å². The van der Waals surface area contributed by atoms with Gasteiger partial charge in [-0.1, -0.05) is 264 Å². The van der Waals surface area contributed by atoms with E-state index >= 15 is 0 Å². The van der Waals surface area contributed by atoms with Gasteiger partial charge in [0.05, 0.1) is 42.7 Å². The Morgan fingerprint density at radius 1 is 0.159 bits per heavy atom. The van der Waals surface area contributed by atoms with E-state index in [9.17, 15) is 61.3 Å². The van der Waals surface area contributed by atoms with Crippen LogP contribution >= 0.6 is 0 Å². The number of methoxy groups -OCH3 is 6. The van der Waals surface area contributed by atoms with Gasteiger partial charge in [-0.25, -0.2) is 0 Å². The highest BCUT2D eigenvalue weighted by molar-refractivity contribution is 5.78. The van der Waals surface area contributed by atoms with Crippen LogP contribution in [0.5, 0.6) is 103 Å². The van der Waals surface area contributed by atoms with Crippen LogP contribution in [0.4, 0.5) is 0 Å². The third-order valence-electron chi connectivity index (χ3n) is 20.8. The normalized spacial score (nSPS) is 11.8. The first-order valence-corrected chi connectivity index (χ1v) is 43.1. The summed E-state index contributed by atoms with van der Waals surface area (Å²) < 4.78 is 31.2. The summed E-state index contributed by atoms with van der Waals surface area (Å²) in [4.78, 5) is 0. The van der Waals surface area contributed by atoms with Gasteiger partial charge in [-0.05, 0) is 267 Å². The van der Waals surface area contributed by atoms with Crippen LogP contribution in [0.3, 0.4) is 0 Å². The van der Waals surface area contributed by atoms with Gasteiger partial charge >= 0.3 is 0 Å². The van der Waals surface area contributed by atoms with Crippen LogP contribution in [0.1, 0.15) is 225 Å². The molecule has 0 amide bonds. The minimum Gasteiger partial charge on any atom is -0.508 e. The number of ether oxygens (including phenoxy) is 6. The molecule has 0 fully saturated rings. The highest BCUT2D eigenvalue weighted by Crippen LogP contribution is 2.40. The molecule has 18 nitrogen and oxygen atoms in total. The van der Waals surface area contributed by atoms with Crippen molar-refractivity contribution in [3.8, 4) is 103 Å². The topological polar surface area (TPSA) is 298 Å². The predicted molar refractivity (Wildman–Crippen MR) is 542 cm³/mol. The first kappa shape index (κ1) is 105. The van der Waals surface area contributed by atoms with Crippen molar-refractivity contribution in [1.82, 2.24) is 0 Å². The third kappa shape index (κ3) is 33.2. The predicted octanol–water partition coefficient (Wildman–Crippen LogP) is 27.4. The van der Waals surface area contributed by atoms with E-state index in [2.05, 4.69) is 161 Å². The van der Waals surface area contributed by atoms with Gasteiger partial charge in [-0.15, -0.1) is 0 Å². The monoisotopic (exact) mass is 1790 g/mol. The fourth-order valence-corrected chi connectivity index (χ4v) is 13.3. The second kappa shape index (κ2) is 46.1. The van der Waals surface area contributed by atoms with Crippen molar-refractivity contribution in [2.75, 3.05) is 42.7 Å². The number of aromatic hydroxyl groups is 12. The van der Waals surface area contributed by atoms with Crippen molar-refractivity contribution in [3.63, 3.8) is 0 Å². The van der Waals surface area contributed by atoms with E-state index in [4.69, 9.17) is 28.4 Å². The van der Waals surface area contributed by atoms with Crippen LogP contribution in [0.2, 0.25) is 0 Å². The maximum absolute atomic E-state index is 9.89. The fraction of sp³-hybridized carbons (Fsp3) is 0.263. The van der Waals surface area contributed by atoms with E-state index in [0.29, 0.717) is 23.0 Å². The molecule has 0 unspecified atom stereocenters. The van der Waals surface area contributed by atoms with Crippen molar-refractivity contribution in [3.05, 3.63) is 319 Å². The van der Waals surface area contributed by atoms with Crippen molar-refractivity contribution >= 4 is 72.9 Å². The third-order valence-corrected chi connectivity index (χ3v) is 20.8. The van der Waals surface area contributed by atoms with Crippen molar-refractivity contribution in [2.45, 2.75) is 157 Å². The van der Waals surface area contributed by atoms with E-state index in [1.807, 2.05) is 121 Å². The minimum absolute atomic E-state index is 0.0154. The standard InChI is InChI=1S/6C19H22O3/c1-19(2,3)17-11-13(7-8-18(17)22-4)5-6-14-9-15(20)12-16(21)10-14;2*1-19(2,3)15-9-14(10-16(20)12-15)6-5-13-7-8-18(22-4)17(21)11-13;1-19(2,3)17-8-7-13(11-18(17)22-4)5-6-14-9-15(20)12-16(21)10-14;2*1-19(2,3)15-9-14(10-16(20)12-15)6-5-13-7-8-17(21)18(11-13)22-4/h6*5-12,20-21H,1-4H3/b6*6-5+. The Bertz CT molecular complexity index is 5790. The Hall–Kier alpha value is -14.5. The molecule has 0 heterocycles. The number of rotatable bonds is 18. The Kier molecular flexibility index (Phi) is 36.5. The summed E-state index contributed by atoms with van der Waals surface area (Å²) in [7, 11) is 9.43. The molecule has 132 heavy (non-hydrogen) atoms. The lowest BCUT2D eigenvalue weighted by molar-refractivity contribution is 0.373. The Morgan fingerprint density at radius 3 is 0.606 bits per heavy atom. The molecule has 0 aliphatic heterocycles. The van der Waals surface area contributed by atoms with E-state index < -0.39 is 0 Å². The van der Waals surface area contributed by atoms with E-state index in [1.165, 1.54) is 40.6 Å². The zero-order valence-corrected chi connectivity index (χ0v) is 80.5. The van der Waals surface area contributed by atoms with Gasteiger partial charge in [0, 0.05) is 17.7 Å². The first-order valence-electron chi connectivity index (χ1n) is 43.1. The Morgan fingerprint density at radius 2 is 0.364 bits per heavy atom. The zero-order chi connectivity index (χ0) is 98.0. The van der Waals surface area contributed by atoms with Gasteiger partial charge in [0.25, 0.3) is 0 Å². The fourth-order valence-electron chi connectivity index (χ4n) is 13.3. The number of benzene rings is 12. The molecule has 0 aromatic heterocycles. The molecule has 0 saturated heterocycles. The zero-order valence-electron chi connectivity index (χ0n) is 80.5. The average molecular weight is 1790 g/mol. The molecule has 0 spiro atoms. The van der Waals surface area contributed by atoms with Crippen LogP contribution < -0.4 is 28.4 Å². The lowest BCUT2D eigenvalue weighted by Crippen LogP contribution is -2.12. The van der Waals surface area contributed by atoms with Gasteiger partial charge in [0.15, 0.2) is 46.0 Å². The van der Waals surface area contributed by atoms with Crippen LogP contribution in [-0.4, -0.2) is 104 Å². The van der Waals surface area contributed by atoms with E-state index in [0.717, 1.165) is 112 Å². The molecule has 0 radical (unpaired) electrons. The van der Waals surface area contributed by atoms with E-state index in [-0.39, 0.29) is 101 Å². The number of phenolic OH excluding ortho intramolecular Hbond substituents is 12.